The predicted octanol–water partition coefficient (Wildman–Crippen LogP) is 5.72. The molecule has 2 bridgehead atoms. The molecule has 0 heterocycles. The van der Waals surface area contributed by atoms with Crippen molar-refractivity contribution < 1.29 is 0 Å². The number of aryl methyl sites for hydroxylation is 1. The number of hydrogen-bond donors (Lipinski definition) is 0. The Hall–Kier alpha value is -1.01. The molecule has 0 nitrogen and oxygen atoms in total. The first-order valence-electron chi connectivity index (χ1n) is 8.38. The number of benzene rings is 2. The maximum atomic E-state index is 7.05. The van der Waals surface area contributed by atoms with Crippen molar-refractivity contribution in [1.82, 2.24) is 0 Å². The van der Waals surface area contributed by atoms with Gasteiger partial charge in [0, 0.05) is 0 Å². The highest BCUT2D eigenvalue weighted by atomic mass is 35.5. The average Bonchev–Trinajstić information content (AvgIpc) is 2.94. The van der Waals surface area contributed by atoms with E-state index in [0.29, 0.717) is 0 Å². The molecule has 2 aromatic rings. The van der Waals surface area contributed by atoms with Crippen LogP contribution in [0.15, 0.2) is 36.4 Å². The topological polar surface area (TPSA) is 0 Å². The molecule has 3 aliphatic rings. The van der Waals surface area contributed by atoms with Gasteiger partial charge in [0.25, 0.3) is 0 Å². The first-order valence-corrected chi connectivity index (χ1v) is 8.81. The van der Waals surface area contributed by atoms with Gasteiger partial charge in [0.05, 0.1) is 5.38 Å². The van der Waals surface area contributed by atoms with Crippen molar-refractivity contribution in [2.45, 2.75) is 31.6 Å². The Morgan fingerprint density at radius 1 is 1.00 bits per heavy atom. The molecule has 3 aliphatic carbocycles. The normalized spacial score (nSPS) is 37.7. The summed E-state index contributed by atoms with van der Waals surface area (Å²) in [6, 6.07) is 13.2. The molecule has 0 N–H and O–H groups in total. The summed E-state index contributed by atoms with van der Waals surface area (Å²) >= 11 is 7.05. The van der Waals surface area contributed by atoms with Crippen LogP contribution in [0.2, 0.25) is 0 Å². The summed E-state index contributed by atoms with van der Waals surface area (Å²) in [5.74, 6) is 4.65. The third-order valence-corrected chi connectivity index (χ3v) is 7.11. The van der Waals surface area contributed by atoms with E-state index >= 15 is 0 Å². The second-order valence-electron chi connectivity index (χ2n) is 7.48. The SMILES string of the molecule is Cc1ccc2ccccc2c1C(Cl)C1C2C3CCC(C3)C21. The van der Waals surface area contributed by atoms with E-state index in [9.17, 15) is 0 Å². The minimum Gasteiger partial charge on any atom is -0.117 e. The van der Waals surface area contributed by atoms with Crippen molar-refractivity contribution in [1.29, 1.82) is 0 Å². The summed E-state index contributed by atoms with van der Waals surface area (Å²) < 4.78 is 0. The number of fused-ring (bicyclic) bond motifs is 6. The van der Waals surface area contributed by atoms with Crippen LogP contribution in [0.3, 0.4) is 0 Å². The van der Waals surface area contributed by atoms with Crippen LogP contribution < -0.4 is 0 Å². The molecule has 21 heavy (non-hydrogen) atoms. The molecule has 5 unspecified atom stereocenters. The molecule has 3 fully saturated rings. The molecule has 0 saturated heterocycles. The molecule has 0 amide bonds. The maximum Gasteiger partial charge on any atom is 0.0627 e. The van der Waals surface area contributed by atoms with Crippen molar-refractivity contribution in [2.24, 2.45) is 29.6 Å². The Kier molecular flexibility index (Phi) is 2.54. The molecule has 0 radical (unpaired) electrons. The zero-order chi connectivity index (χ0) is 14.1. The summed E-state index contributed by atoms with van der Waals surface area (Å²) in [5.41, 5.74) is 2.78. The lowest BCUT2D eigenvalue weighted by Gasteiger charge is -2.19. The lowest BCUT2D eigenvalue weighted by molar-refractivity contribution is 0.455. The summed E-state index contributed by atoms with van der Waals surface area (Å²) in [6.07, 6.45) is 4.45. The minimum absolute atomic E-state index is 0.217. The molecule has 2 aromatic carbocycles. The van der Waals surface area contributed by atoms with Crippen LogP contribution in [0.5, 0.6) is 0 Å². The van der Waals surface area contributed by atoms with Crippen LogP contribution in [0.4, 0.5) is 0 Å². The van der Waals surface area contributed by atoms with Gasteiger partial charge in [0.15, 0.2) is 0 Å². The third kappa shape index (κ3) is 1.63. The van der Waals surface area contributed by atoms with Crippen LogP contribution in [0, 0.1) is 36.5 Å². The zero-order valence-corrected chi connectivity index (χ0v) is 13.2. The fraction of sp³-hybridized carbons (Fsp3) is 0.500. The number of rotatable bonds is 2. The minimum atomic E-state index is 0.217. The van der Waals surface area contributed by atoms with Crippen molar-refractivity contribution in [3.8, 4) is 0 Å². The van der Waals surface area contributed by atoms with Crippen LogP contribution in [0.25, 0.3) is 10.8 Å². The third-order valence-electron chi connectivity index (χ3n) is 6.60. The Bertz CT molecular complexity index is 703. The second kappa shape index (κ2) is 4.26. The molecule has 3 saturated carbocycles. The van der Waals surface area contributed by atoms with Gasteiger partial charge in [0.2, 0.25) is 0 Å². The van der Waals surface area contributed by atoms with Gasteiger partial charge in [-0.25, -0.2) is 0 Å². The Morgan fingerprint density at radius 3 is 2.48 bits per heavy atom. The highest BCUT2D eigenvalue weighted by Crippen LogP contribution is 2.73. The number of halogens is 1. The molecular formula is C20H21Cl. The Balaban J connectivity index is 1.57. The van der Waals surface area contributed by atoms with E-state index in [-0.39, 0.29) is 5.38 Å². The Labute approximate surface area is 131 Å². The summed E-state index contributed by atoms with van der Waals surface area (Å²) in [5, 5.41) is 2.92. The molecule has 108 valence electrons. The van der Waals surface area contributed by atoms with Gasteiger partial charge in [-0.05, 0) is 77.7 Å². The largest absolute Gasteiger partial charge is 0.117 e. The fourth-order valence-corrected chi connectivity index (χ4v) is 6.37. The van der Waals surface area contributed by atoms with Crippen LogP contribution in [-0.4, -0.2) is 0 Å². The van der Waals surface area contributed by atoms with E-state index < -0.39 is 0 Å². The quantitative estimate of drug-likeness (QED) is 0.622. The molecule has 0 aromatic heterocycles. The van der Waals surface area contributed by atoms with E-state index in [2.05, 4.69) is 43.3 Å². The summed E-state index contributed by atoms with van der Waals surface area (Å²) in [7, 11) is 0. The fourth-order valence-electron chi connectivity index (χ4n) is 5.75. The van der Waals surface area contributed by atoms with Crippen LogP contribution in [-0.2, 0) is 0 Å². The summed E-state index contributed by atoms with van der Waals surface area (Å²) in [4.78, 5) is 0. The van der Waals surface area contributed by atoms with Gasteiger partial charge in [-0.3, -0.25) is 0 Å². The first kappa shape index (κ1) is 12.5. The second-order valence-corrected chi connectivity index (χ2v) is 7.95. The standard InChI is InChI=1S/C20H21Cl/c1-11-6-7-12-4-2-3-5-15(12)16(11)20(21)19-17-13-8-9-14(10-13)18(17)19/h2-7,13-14,17-20H,8-10H2,1H3. The van der Waals surface area contributed by atoms with Gasteiger partial charge < -0.3 is 0 Å². The van der Waals surface area contributed by atoms with Gasteiger partial charge in [0.1, 0.15) is 0 Å². The lowest BCUT2D eigenvalue weighted by Crippen LogP contribution is -2.06. The zero-order valence-electron chi connectivity index (χ0n) is 12.4. The van der Waals surface area contributed by atoms with Crippen molar-refractivity contribution in [3.05, 3.63) is 47.5 Å². The molecular weight excluding hydrogens is 276 g/mol. The van der Waals surface area contributed by atoms with Crippen molar-refractivity contribution in [3.63, 3.8) is 0 Å². The Morgan fingerprint density at radius 2 is 1.71 bits per heavy atom. The maximum absolute atomic E-state index is 7.05. The van der Waals surface area contributed by atoms with Crippen LogP contribution in [0.1, 0.15) is 35.8 Å². The first-order chi connectivity index (χ1) is 10.3. The summed E-state index contributed by atoms with van der Waals surface area (Å²) in [6.45, 7) is 2.23. The predicted molar refractivity (Wildman–Crippen MR) is 88.6 cm³/mol. The van der Waals surface area contributed by atoms with Crippen molar-refractivity contribution >= 4 is 22.4 Å². The van der Waals surface area contributed by atoms with Gasteiger partial charge in [-0.15, -0.1) is 11.6 Å². The monoisotopic (exact) mass is 296 g/mol. The van der Waals surface area contributed by atoms with E-state index in [0.717, 1.165) is 29.6 Å². The van der Waals surface area contributed by atoms with E-state index in [1.54, 1.807) is 0 Å². The average molecular weight is 297 g/mol. The van der Waals surface area contributed by atoms with E-state index in [1.165, 1.54) is 41.2 Å². The molecule has 1 heteroatoms. The van der Waals surface area contributed by atoms with Gasteiger partial charge in [-0.1, -0.05) is 36.4 Å². The molecule has 0 spiro atoms. The highest BCUT2D eigenvalue weighted by Gasteiger charge is 2.66. The number of hydrogen-bond acceptors (Lipinski definition) is 0. The van der Waals surface area contributed by atoms with Gasteiger partial charge in [-0.2, -0.15) is 0 Å². The highest BCUT2D eigenvalue weighted by molar-refractivity contribution is 6.22. The van der Waals surface area contributed by atoms with Crippen LogP contribution >= 0.6 is 11.6 Å². The van der Waals surface area contributed by atoms with E-state index in [4.69, 9.17) is 11.6 Å². The smallest absolute Gasteiger partial charge is 0.0627 e. The number of alkyl halides is 1. The van der Waals surface area contributed by atoms with Crippen molar-refractivity contribution in [2.75, 3.05) is 0 Å². The molecule has 0 aliphatic heterocycles. The van der Waals surface area contributed by atoms with Gasteiger partial charge >= 0.3 is 0 Å². The molecule has 5 atom stereocenters. The van der Waals surface area contributed by atoms with E-state index in [1.807, 2.05) is 0 Å². The lowest BCUT2D eigenvalue weighted by atomic mass is 9.91. The molecule has 5 rings (SSSR count).